The average molecular weight is 1100 g/mol. The zero-order valence-electron chi connectivity index (χ0n) is 48.0. The summed E-state index contributed by atoms with van der Waals surface area (Å²) in [7, 11) is 0. The van der Waals surface area contributed by atoms with Gasteiger partial charge in [-0.3, -0.25) is 14.4 Å². The van der Waals surface area contributed by atoms with Gasteiger partial charge in [0.25, 0.3) is 0 Å². The molecule has 1 fully saturated rings. The molecule has 1 aliphatic heterocycles. The number of allylic oxidation sites excluding steroid dienone is 28. The Balaban J connectivity index is 2.81. The molecule has 12 nitrogen and oxygen atoms in total. The third-order valence-corrected chi connectivity index (χ3v) is 11.8. The summed E-state index contributed by atoms with van der Waals surface area (Å²) in [5, 5.41) is 31.4. The number of hydrogen-bond donors (Lipinski definition) is 3. The third-order valence-electron chi connectivity index (χ3n) is 11.8. The van der Waals surface area contributed by atoms with Crippen molar-refractivity contribution in [2.45, 2.75) is 212 Å². The van der Waals surface area contributed by atoms with Crippen molar-refractivity contribution in [2.75, 3.05) is 13.2 Å². The molecule has 0 amide bonds. The Labute approximate surface area is 475 Å². The molecule has 1 rings (SSSR count). The van der Waals surface area contributed by atoms with Crippen LogP contribution in [0.3, 0.4) is 0 Å². The summed E-state index contributed by atoms with van der Waals surface area (Å²) in [5.74, 6) is -3.41. The van der Waals surface area contributed by atoms with E-state index in [-0.39, 0.29) is 25.9 Å². The quantitative estimate of drug-likeness (QED) is 0.0228. The van der Waals surface area contributed by atoms with Gasteiger partial charge in [0.2, 0.25) is 0 Å². The number of ether oxygens (including phenoxy) is 5. The van der Waals surface area contributed by atoms with Crippen LogP contribution in [0.15, 0.2) is 170 Å². The first kappa shape index (κ1) is 71.1. The molecule has 0 aromatic heterocycles. The van der Waals surface area contributed by atoms with Crippen molar-refractivity contribution in [1.82, 2.24) is 0 Å². The summed E-state index contributed by atoms with van der Waals surface area (Å²) in [4.78, 5) is 51.1. The first-order chi connectivity index (χ1) is 38.6. The Hall–Kier alpha value is -5.92. The number of carboxylic acids is 1. The van der Waals surface area contributed by atoms with E-state index in [1.165, 1.54) is 0 Å². The molecule has 1 heterocycles. The number of aliphatic hydroxyl groups is 2. The van der Waals surface area contributed by atoms with E-state index in [0.717, 1.165) is 103 Å². The van der Waals surface area contributed by atoms with Crippen molar-refractivity contribution in [3.8, 4) is 0 Å². The van der Waals surface area contributed by atoms with Gasteiger partial charge in [-0.15, -0.1) is 0 Å². The number of unbranched alkanes of at least 4 members (excludes halogenated alkanes) is 4. The predicted molar refractivity (Wildman–Crippen MR) is 321 cm³/mol. The lowest BCUT2D eigenvalue weighted by atomic mass is 9.98. The fraction of sp³-hybridized carbons (Fsp3) is 0.522. The fourth-order valence-electron chi connectivity index (χ4n) is 7.45. The highest BCUT2D eigenvalue weighted by atomic mass is 16.7. The van der Waals surface area contributed by atoms with Crippen molar-refractivity contribution >= 4 is 23.9 Å². The predicted octanol–water partition coefficient (Wildman–Crippen LogP) is 15.1. The normalized spacial score (nSPS) is 19.1. The van der Waals surface area contributed by atoms with Gasteiger partial charge in [-0.25, -0.2) is 4.79 Å². The van der Waals surface area contributed by atoms with Crippen molar-refractivity contribution < 1.29 is 58.2 Å². The van der Waals surface area contributed by atoms with E-state index >= 15 is 0 Å². The lowest BCUT2D eigenvalue weighted by Crippen LogP contribution is -2.61. The summed E-state index contributed by atoms with van der Waals surface area (Å²) in [6.07, 6.45) is 66.4. The molecule has 0 radical (unpaired) electrons. The van der Waals surface area contributed by atoms with Crippen molar-refractivity contribution in [3.05, 3.63) is 170 Å². The Kier molecular flexibility index (Phi) is 47.5. The molecule has 79 heavy (non-hydrogen) atoms. The Morgan fingerprint density at radius 3 is 1.19 bits per heavy atom. The van der Waals surface area contributed by atoms with Crippen LogP contribution in [-0.2, 0) is 42.9 Å². The van der Waals surface area contributed by atoms with E-state index in [0.29, 0.717) is 32.1 Å². The lowest BCUT2D eigenvalue weighted by molar-refractivity contribution is -0.301. The van der Waals surface area contributed by atoms with Gasteiger partial charge >= 0.3 is 23.9 Å². The van der Waals surface area contributed by atoms with E-state index in [1.807, 2.05) is 30.4 Å². The second-order valence-corrected chi connectivity index (χ2v) is 18.8. The summed E-state index contributed by atoms with van der Waals surface area (Å²) in [6, 6.07) is 0. The zero-order chi connectivity index (χ0) is 57.5. The van der Waals surface area contributed by atoms with E-state index in [4.69, 9.17) is 23.7 Å². The Morgan fingerprint density at radius 1 is 0.418 bits per heavy atom. The molecule has 0 aromatic rings. The van der Waals surface area contributed by atoms with E-state index in [1.54, 1.807) is 0 Å². The molecular formula is C67H98O12. The van der Waals surface area contributed by atoms with Crippen LogP contribution in [0.5, 0.6) is 0 Å². The van der Waals surface area contributed by atoms with Gasteiger partial charge in [0.05, 0.1) is 6.61 Å². The summed E-state index contributed by atoms with van der Waals surface area (Å²) in [5.41, 5.74) is 0. The maximum Gasteiger partial charge on any atom is 0.335 e. The molecular weight excluding hydrogens is 997 g/mol. The van der Waals surface area contributed by atoms with Gasteiger partial charge in [0.15, 0.2) is 24.6 Å². The number of carbonyl (C=O) groups excluding carboxylic acids is 3. The molecule has 0 saturated carbocycles. The van der Waals surface area contributed by atoms with Crippen LogP contribution in [0.4, 0.5) is 0 Å². The molecule has 1 saturated heterocycles. The van der Waals surface area contributed by atoms with E-state index < -0.39 is 67.3 Å². The van der Waals surface area contributed by atoms with Crippen molar-refractivity contribution in [3.63, 3.8) is 0 Å². The van der Waals surface area contributed by atoms with Gasteiger partial charge in [0, 0.05) is 19.3 Å². The lowest BCUT2D eigenvalue weighted by Gasteiger charge is -2.40. The second kappa shape index (κ2) is 52.8. The molecule has 6 unspecified atom stereocenters. The maximum absolute atomic E-state index is 13.1. The highest BCUT2D eigenvalue weighted by Crippen LogP contribution is 2.26. The number of carbonyl (C=O) groups is 4. The van der Waals surface area contributed by atoms with Crippen LogP contribution >= 0.6 is 0 Å². The zero-order valence-corrected chi connectivity index (χ0v) is 48.0. The molecule has 1 aliphatic rings. The monoisotopic (exact) mass is 1090 g/mol. The minimum Gasteiger partial charge on any atom is -0.479 e. The highest BCUT2D eigenvalue weighted by Gasteiger charge is 2.50. The minimum atomic E-state index is -1.95. The molecule has 3 N–H and O–H groups in total. The van der Waals surface area contributed by atoms with Gasteiger partial charge in [-0.05, 0) is 122 Å². The molecule has 12 heteroatoms. The number of aliphatic carboxylic acids is 1. The van der Waals surface area contributed by atoms with Gasteiger partial charge in [-0.2, -0.15) is 0 Å². The van der Waals surface area contributed by atoms with Gasteiger partial charge in [0.1, 0.15) is 18.8 Å². The van der Waals surface area contributed by atoms with Crippen molar-refractivity contribution in [1.29, 1.82) is 0 Å². The van der Waals surface area contributed by atoms with Crippen LogP contribution in [0, 0.1) is 0 Å². The second-order valence-electron chi connectivity index (χ2n) is 18.8. The topological polar surface area (TPSA) is 175 Å². The molecule has 0 bridgehead atoms. The summed E-state index contributed by atoms with van der Waals surface area (Å²) < 4.78 is 28.2. The van der Waals surface area contributed by atoms with E-state index in [9.17, 15) is 34.5 Å². The number of esters is 3. The number of carboxylic acid groups (broad SMARTS) is 1. The molecule has 0 aliphatic carbocycles. The maximum atomic E-state index is 13.1. The summed E-state index contributed by atoms with van der Waals surface area (Å²) >= 11 is 0. The molecule has 0 aromatic carbocycles. The fourth-order valence-corrected chi connectivity index (χ4v) is 7.45. The van der Waals surface area contributed by atoms with Crippen LogP contribution in [0.1, 0.15) is 175 Å². The molecule has 438 valence electrons. The van der Waals surface area contributed by atoms with Gasteiger partial charge in [-0.1, -0.05) is 204 Å². The van der Waals surface area contributed by atoms with Crippen molar-refractivity contribution in [2.24, 2.45) is 0 Å². The van der Waals surface area contributed by atoms with Crippen LogP contribution in [0.2, 0.25) is 0 Å². The first-order valence-corrected chi connectivity index (χ1v) is 29.1. The van der Waals surface area contributed by atoms with Crippen LogP contribution in [-0.4, -0.2) is 89.2 Å². The van der Waals surface area contributed by atoms with E-state index in [2.05, 4.69) is 161 Å². The Morgan fingerprint density at radius 2 is 0.785 bits per heavy atom. The Bertz CT molecular complexity index is 2020. The average Bonchev–Trinajstić information content (AvgIpc) is 3.44. The highest BCUT2D eigenvalue weighted by molar-refractivity contribution is 5.74. The number of rotatable bonds is 46. The largest absolute Gasteiger partial charge is 0.479 e. The molecule has 6 atom stereocenters. The first-order valence-electron chi connectivity index (χ1n) is 29.1. The van der Waals surface area contributed by atoms with Crippen LogP contribution < -0.4 is 0 Å². The standard InChI is InChI=1S/C67H98O12/c1-4-7-10-13-16-19-22-25-27-29-30-32-33-36-38-41-44-47-50-53-59(68)75-56-58(77-60(69)54-51-48-45-42-40-37-34-31-28-26-23-20-17-14-11-8-5-2)57-76-67-65(63(72)62(71)64(79-67)66(73)74)78-61(70)55-52-49-46-43-39-35-24-21-18-15-12-9-6-3/h7-12,16-21,25-28,30,32,34-39,44,46-47,49,58,62-65,67,71-72H,4-6,13-15,22-24,29,31,33,40-43,45,48,50-57H2,1-3H3,(H,73,74)/b10-7-,11-8-,12-9-,19-16-,20-17-,21-18-,27-25-,28-26-,32-30-,37-34-,38-36-,39-35-,47-44-,49-46-. The number of aliphatic hydroxyl groups excluding tert-OH is 2. The number of hydrogen-bond acceptors (Lipinski definition) is 11. The SMILES string of the molecule is CC/C=C\C/C=C\C/C=C\C/C=C\C/C=C\C/C=C\CCC(=O)OCC(COC1OC(C(=O)O)C(O)C(O)C1OC(=O)CC/C=C\C/C=C\C/C=C\C/C=C\CC)OC(=O)CCCCCC/C=C\C/C=C\C/C=C\C/C=C\CC. The van der Waals surface area contributed by atoms with Crippen LogP contribution in [0.25, 0.3) is 0 Å². The summed E-state index contributed by atoms with van der Waals surface area (Å²) in [6.45, 7) is 5.50. The molecule has 0 spiro atoms. The minimum absolute atomic E-state index is 0.0691. The third kappa shape index (κ3) is 42.7. The smallest absolute Gasteiger partial charge is 0.335 e. The van der Waals surface area contributed by atoms with Gasteiger partial charge < -0.3 is 39.0 Å².